The minimum atomic E-state index is -2.92. The Labute approximate surface area is 95.0 Å². The van der Waals surface area contributed by atoms with E-state index in [2.05, 4.69) is 5.32 Å². The molecule has 0 spiro atoms. The van der Waals surface area contributed by atoms with Gasteiger partial charge in [0.1, 0.15) is 11.8 Å². The van der Waals surface area contributed by atoms with Crippen LogP contribution in [0.2, 0.25) is 0 Å². The van der Waals surface area contributed by atoms with Crippen LogP contribution in [0.25, 0.3) is 0 Å². The third kappa shape index (κ3) is 4.04. The topological polar surface area (TPSA) is 83.1 Å². The molecule has 0 aliphatic carbocycles. The minimum Gasteiger partial charge on any atom is -0.449 e. The second-order valence-electron chi connectivity index (χ2n) is 3.29. The van der Waals surface area contributed by atoms with Crippen molar-refractivity contribution in [2.24, 2.45) is 0 Å². The van der Waals surface area contributed by atoms with Crippen LogP contribution in [0.4, 0.5) is 0 Å². The highest BCUT2D eigenvalue weighted by atomic mass is 32.2. The monoisotopic (exact) mass is 242 g/mol. The first-order valence-corrected chi connectivity index (χ1v) is 6.79. The van der Waals surface area contributed by atoms with E-state index >= 15 is 0 Å². The molecule has 0 fully saturated rings. The molecule has 1 N–H and O–H groups in total. The van der Waals surface area contributed by atoms with Gasteiger partial charge in [-0.3, -0.25) is 0 Å². The predicted molar refractivity (Wildman–Crippen MR) is 59.5 cm³/mol. The molecule has 0 saturated carbocycles. The molecule has 6 heteroatoms. The van der Waals surface area contributed by atoms with Gasteiger partial charge in [-0.2, -0.15) is 5.26 Å². The molecular weight excluding hydrogens is 228 g/mol. The average molecular weight is 242 g/mol. The summed E-state index contributed by atoms with van der Waals surface area (Å²) in [5.41, 5.74) is 0. The first kappa shape index (κ1) is 12.7. The number of rotatable bonds is 6. The molecule has 0 bridgehead atoms. The minimum absolute atomic E-state index is 0.120. The van der Waals surface area contributed by atoms with Gasteiger partial charge in [-0.05, 0) is 12.1 Å². The highest BCUT2D eigenvalue weighted by Gasteiger charge is 2.06. The van der Waals surface area contributed by atoms with Crippen LogP contribution in [0.3, 0.4) is 0 Å². The van der Waals surface area contributed by atoms with E-state index in [-0.39, 0.29) is 17.3 Å². The molecule has 88 valence electrons. The van der Waals surface area contributed by atoms with Crippen LogP contribution in [0.5, 0.6) is 0 Å². The van der Waals surface area contributed by atoms with Crippen molar-refractivity contribution in [3.8, 4) is 6.07 Å². The van der Waals surface area contributed by atoms with Crippen LogP contribution >= 0.6 is 0 Å². The van der Waals surface area contributed by atoms with Gasteiger partial charge in [0, 0.05) is 12.3 Å². The van der Waals surface area contributed by atoms with E-state index in [1.807, 2.05) is 6.07 Å². The summed E-state index contributed by atoms with van der Waals surface area (Å²) in [5, 5.41) is 11.5. The number of nitrogens with one attached hydrogen (secondary N) is 1. The van der Waals surface area contributed by atoms with E-state index in [0.29, 0.717) is 18.8 Å². The summed E-state index contributed by atoms with van der Waals surface area (Å²) in [5.74, 6) is 1.17. The molecule has 1 rings (SSSR count). The maximum Gasteiger partial charge on any atom is 0.203 e. The zero-order valence-corrected chi connectivity index (χ0v) is 9.88. The number of nitriles is 1. The van der Waals surface area contributed by atoms with Crippen LogP contribution in [-0.4, -0.2) is 26.5 Å². The molecule has 0 saturated heterocycles. The number of hydrogen-bond acceptors (Lipinski definition) is 5. The lowest BCUT2D eigenvalue weighted by molar-refractivity contribution is 0.477. The molecular formula is C10H14N2O3S. The number of nitrogens with zero attached hydrogens (tertiary/aromatic N) is 1. The molecule has 16 heavy (non-hydrogen) atoms. The average Bonchev–Trinajstić information content (AvgIpc) is 2.72. The fourth-order valence-corrected chi connectivity index (χ4v) is 1.86. The van der Waals surface area contributed by atoms with Crippen molar-refractivity contribution in [3.05, 3.63) is 23.7 Å². The van der Waals surface area contributed by atoms with E-state index in [9.17, 15) is 8.42 Å². The summed E-state index contributed by atoms with van der Waals surface area (Å²) in [7, 11) is -2.92. The fourth-order valence-electron chi connectivity index (χ4n) is 1.12. The highest BCUT2D eigenvalue weighted by Crippen LogP contribution is 2.05. The van der Waals surface area contributed by atoms with Gasteiger partial charge in [-0.15, -0.1) is 0 Å². The Morgan fingerprint density at radius 2 is 2.25 bits per heavy atom. The van der Waals surface area contributed by atoms with Crippen LogP contribution < -0.4 is 5.32 Å². The summed E-state index contributed by atoms with van der Waals surface area (Å²) in [4.78, 5) is 0. The van der Waals surface area contributed by atoms with Gasteiger partial charge in [0.2, 0.25) is 5.76 Å². The summed E-state index contributed by atoms with van der Waals surface area (Å²) in [6.07, 6.45) is 0. The van der Waals surface area contributed by atoms with Crippen LogP contribution in [0, 0.1) is 11.3 Å². The molecule has 0 amide bonds. The Morgan fingerprint density at radius 3 is 2.81 bits per heavy atom. The zero-order chi connectivity index (χ0) is 12.0. The molecule has 0 aliphatic heterocycles. The summed E-state index contributed by atoms with van der Waals surface area (Å²) in [6, 6.07) is 5.16. The fraction of sp³-hybridized carbons (Fsp3) is 0.500. The van der Waals surface area contributed by atoms with E-state index in [1.54, 1.807) is 19.1 Å². The van der Waals surface area contributed by atoms with Gasteiger partial charge in [0.25, 0.3) is 0 Å². The zero-order valence-electron chi connectivity index (χ0n) is 9.06. The van der Waals surface area contributed by atoms with Crippen molar-refractivity contribution < 1.29 is 12.8 Å². The van der Waals surface area contributed by atoms with Gasteiger partial charge in [-0.1, -0.05) is 6.92 Å². The smallest absolute Gasteiger partial charge is 0.203 e. The standard InChI is InChI=1S/C10H14N2O3S/c1-2-16(13,14)6-5-12-8-10-4-3-9(7-11)15-10/h3-4,12H,2,5-6,8H2,1H3. The number of hydrogen-bond donors (Lipinski definition) is 1. The van der Waals surface area contributed by atoms with Crippen LogP contribution in [0.15, 0.2) is 16.5 Å². The molecule has 1 aromatic rings. The third-order valence-corrected chi connectivity index (χ3v) is 3.81. The Balaban J connectivity index is 2.29. The first-order valence-electron chi connectivity index (χ1n) is 4.97. The van der Waals surface area contributed by atoms with Crippen molar-refractivity contribution in [1.29, 1.82) is 5.26 Å². The van der Waals surface area contributed by atoms with Gasteiger partial charge in [0.05, 0.1) is 12.3 Å². The highest BCUT2D eigenvalue weighted by molar-refractivity contribution is 7.91. The van der Waals surface area contributed by atoms with E-state index in [0.717, 1.165) is 0 Å². The van der Waals surface area contributed by atoms with Gasteiger partial charge < -0.3 is 9.73 Å². The lowest BCUT2D eigenvalue weighted by Gasteiger charge is -2.02. The normalized spacial score (nSPS) is 11.2. The Hall–Kier alpha value is -1.32. The lowest BCUT2D eigenvalue weighted by atomic mass is 10.4. The maximum absolute atomic E-state index is 11.2. The first-order chi connectivity index (χ1) is 7.57. The number of sulfone groups is 1. The molecule has 5 nitrogen and oxygen atoms in total. The summed E-state index contributed by atoms with van der Waals surface area (Å²) < 4.78 is 27.4. The van der Waals surface area contributed by atoms with Crippen molar-refractivity contribution in [2.75, 3.05) is 18.1 Å². The van der Waals surface area contributed by atoms with Crippen molar-refractivity contribution in [2.45, 2.75) is 13.5 Å². The molecule has 0 radical (unpaired) electrons. The Kier molecular flexibility index (Phi) is 4.52. The molecule has 1 heterocycles. The summed E-state index contributed by atoms with van der Waals surface area (Å²) in [6.45, 7) is 2.45. The second kappa shape index (κ2) is 5.68. The van der Waals surface area contributed by atoms with Gasteiger partial charge in [0.15, 0.2) is 9.84 Å². The SMILES string of the molecule is CCS(=O)(=O)CCNCc1ccc(C#N)o1. The van der Waals surface area contributed by atoms with Crippen molar-refractivity contribution in [3.63, 3.8) is 0 Å². The van der Waals surface area contributed by atoms with Crippen molar-refractivity contribution in [1.82, 2.24) is 5.32 Å². The lowest BCUT2D eigenvalue weighted by Crippen LogP contribution is -2.23. The van der Waals surface area contributed by atoms with E-state index < -0.39 is 9.84 Å². The van der Waals surface area contributed by atoms with Crippen molar-refractivity contribution >= 4 is 9.84 Å². The maximum atomic E-state index is 11.2. The summed E-state index contributed by atoms with van der Waals surface area (Å²) >= 11 is 0. The molecule has 0 aliphatic rings. The van der Waals surface area contributed by atoms with Gasteiger partial charge in [-0.25, -0.2) is 8.42 Å². The van der Waals surface area contributed by atoms with E-state index in [1.165, 1.54) is 0 Å². The van der Waals surface area contributed by atoms with Crippen LogP contribution in [0.1, 0.15) is 18.4 Å². The molecule has 1 aromatic heterocycles. The largest absolute Gasteiger partial charge is 0.449 e. The van der Waals surface area contributed by atoms with Crippen LogP contribution in [-0.2, 0) is 16.4 Å². The Morgan fingerprint density at radius 1 is 1.50 bits per heavy atom. The number of furan rings is 1. The third-order valence-electron chi connectivity index (χ3n) is 2.10. The molecule has 0 unspecified atom stereocenters. The second-order valence-corrected chi connectivity index (χ2v) is 5.76. The Bertz CT molecular complexity index is 470. The van der Waals surface area contributed by atoms with Gasteiger partial charge >= 0.3 is 0 Å². The predicted octanol–water partition coefficient (Wildman–Crippen LogP) is 0.676. The quantitative estimate of drug-likeness (QED) is 0.741. The molecule has 0 aromatic carbocycles. The van der Waals surface area contributed by atoms with E-state index in [4.69, 9.17) is 9.68 Å². The molecule has 0 atom stereocenters.